The Morgan fingerprint density at radius 1 is 1.20 bits per heavy atom. The molecule has 112 valence electrons. The Bertz CT molecular complexity index is 515. The predicted molar refractivity (Wildman–Crippen MR) is 78.0 cm³/mol. The molecule has 0 aromatic carbocycles. The number of nitrogens with zero attached hydrogens (tertiary/aromatic N) is 1. The number of carboxylic acids is 1. The summed E-state index contributed by atoms with van der Waals surface area (Å²) in [5.41, 5.74) is 2.41. The lowest BCUT2D eigenvalue weighted by Crippen LogP contribution is -2.44. The van der Waals surface area contributed by atoms with E-state index < -0.39 is 12.0 Å². The molecule has 1 atom stereocenters. The number of hydrogen-bond acceptors (Lipinski definition) is 2. The van der Waals surface area contributed by atoms with Gasteiger partial charge >= 0.3 is 5.97 Å². The first-order valence-electron chi connectivity index (χ1n) is 6.88. The van der Waals surface area contributed by atoms with E-state index in [1.807, 2.05) is 19.9 Å². The van der Waals surface area contributed by atoms with Crippen molar-refractivity contribution in [1.29, 1.82) is 0 Å². The number of aliphatic carboxylic acids is 1. The molecule has 0 fully saturated rings. The fourth-order valence-corrected chi connectivity index (χ4v) is 2.53. The highest BCUT2D eigenvalue weighted by molar-refractivity contribution is 5.97. The summed E-state index contributed by atoms with van der Waals surface area (Å²) in [6, 6.07) is 1.20. The SMILES string of the molecule is Cc1cc(C(=O)N[C@H](C(=O)O)C(C)C)c(C)n1C(C)C. The molecule has 0 aliphatic carbocycles. The Hall–Kier alpha value is -1.78. The normalized spacial score (nSPS) is 12.8. The smallest absolute Gasteiger partial charge is 0.326 e. The zero-order valence-electron chi connectivity index (χ0n) is 13.0. The van der Waals surface area contributed by atoms with Crippen LogP contribution in [0.4, 0.5) is 0 Å². The number of amides is 1. The summed E-state index contributed by atoms with van der Waals surface area (Å²) >= 11 is 0. The molecule has 0 bridgehead atoms. The third-order valence-electron chi connectivity index (χ3n) is 3.46. The molecule has 5 nitrogen and oxygen atoms in total. The van der Waals surface area contributed by atoms with Gasteiger partial charge in [0.15, 0.2) is 0 Å². The van der Waals surface area contributed by atoms with E-state index in [9.17, 15) is 9.59 Å². The van der Waals surface area contributed by atoms with Crippen molar-refractivity contribution in [3.8, 4) is 0 Å². The van der Waals surface area contributed by atoms with Crippen molar-refractivity contribution in [3.63, 3.8) is 0 Å². The number of rotatable bonds is 5. The summed E-state index contributed by atoms with van der Waals surface area (Å²) < 4.78 is 2.07. The molecule has 20 heavy (non-hydrogen) atoms. The fraction of sp³-hybridized carbons (Fsp3) is 0.600. The summed E-state index contributed by atoms with van der Waals surface area (Å²) in [5.74, 6) is -1.50. The number of carbonyl (C=O) groups excluding carboxylic acids is 1. The molecule has 0 unspecified atom stereocenters. The minimum absolute atomic E-state index is 0.162. The van der Waals surface area contributed by atoms with Crippen molar-refractivity contribution in [1.82, 2.24) is 9.88 Å². The van der Waals surface area contributed by atoms with E-state index in [0.717, 1.165) is 11.4 Å². The fourth-order valence-electron chi connectivity index (χ4n) is 2.53. The average Bonchev–Trinajstić information content (AvgIpc) is 2.60. The van der Waals surface area contributed by atoms with Crippen molar-refractivity contribution in [2.75, 3.05) is 0 Å². The number of nitrogens with one attached hydrogen (secondary N) is 1. The van der Waals surface area contributed by atoms with Gasteiger partial charge in [-0.15, -0.1) is 0 Å². The highest BCUT2D eigenvalue weighted by Crippen LogP contribution is 2.20. The molecule has 1 aromatic heterocycles. The highest BCUT2D eigenvalue weighted by atomic mass is 16.4. The summed E-state index contributed by atoms with van der Waals surface area (Å²) in [6.07, 6.45) is 0. The second-order valence-corrected chi connectivity index (χ2v) is 5.78. The van der Waals surface area contributed by atoms with Crippen molar-refractivity contribution in [3.05, 3.63) is 23.0 Å². The number of carbonyl (C=O) groups is 2. The Morgan fingerprint density at radius 3 is 2.10 bits per heavy atom. The van der Waals surface area contributed by atoms with E-state index >= 15 is 0 Å². The van der Waals surface area contributed by atoms with Crippen molar-refractivity contribution in [2.24, 2.45) is 5.92 Å². The standard InChI is InChI=1S/C15H24N2O3/c1-8(2)13(15(19)20)16-14(18)12-7-10(5)17(9(3)4)11(12)6/h7-9,13H,1-6H3,(H,16,18)(H,19,20)/t13-/m0/s1. The van der Waals surface area contributed by atoms with Gasteiger partial charge in [-0.2, -0.15) is 0 Å². The molecule has 1 amide bonds. The predicted octanol–water partition coefficient (Wildman–Crippen LogP) is 2.52. The van der Waals surface area contributed by atoms with Crippen LogP contribution in [0.2, 0.25) is 0 Å². The maximum absolute atomic E-state index is 12.3. The summed E-state index contributed by atoms with van der Waals surface area (Å²) in [7, 11) is 0. The third-order valence-corrected chi connectivity index (χ3v) is 3.46. The largest absolute Gasteiger partial charge is 0.480 e. The van der Waals surface area contributed by atoms with Crippen LogP contribution in [0.3, 0.4) is 0 Å². The molecule has 1 rings (SSSR count). The minimum Gasteiger partial charge on any atom is -0.480 e. The topological polar surface area (TPSA) is 71.3 Å². The molecular formula is C15H24N2O3. The van der Waals surface area contributed by atoms with Crippen LogP contribution in [0.1, 0.15) is 55.5 Å². The number of carboxylic acid groups (broad SMARTS) is 1. The molecule has 5 heteroatoms. The van der Waals surface area contributed by atoms with Crippen LogP contribution in [0, 0.1) is 19.8 Å². The average molecular weight is 280 g/mol. The van der Waals surface area contributed by atoms with Crippen LogP contribution in [-0.4, -0.2) is 27.6 Å². The molecule has 0 saturated heterocycles. The van der Waals surface area contributed by atoms with Crippen molar-refractivity contribution >= 4 is 11.9 Å². The van der Waals surface area contributed by atoms with Crippen molar-refractivity contribution < 1.29 is 14.7 Å². The molecule has 1 aromatic rings. The summed E-state index contributed by atoms with van der Waals surface area (Å²) in [4.78, 5) is 23.4. The van der Waals surface area contributed by atoms with Gasteiger partial charge in [0.1, 0.15) is 6.04 Å². The highest BCUT2D eigenvalue weighted by Gasteiger charge is 2.26. The molecule has 0 aliphatic heterocycles. The quantitative estimate of drug-likeness (QED) is 0.870. The maximum Gasteiger partial charge on any atom is 0.326 e. The van der Waals surface area contributed by atoms with Crippen LogP contribution in [0.25, 0.3) is 0 Å². The molecule has 0 radical (unpaired) electrons. The molecule has 0 spiro atoms. The minimum atomic E-state index is -1.01. The molecular weight excluding hydrogens is 256 g/mol. The first-order chi connectivity index (χ1) is 9.16. The number of aromatic nitrogens is 1. The number of hydrogen-bond donors (Lipinski definition) is 2. The van der Waals surface area contributed by atoms with Gasteiger partial charge in [-0.25, -0.2) is 4.79 Å². The van der Waals surface area contributed by atoms with Crippen LogP contribution < -0.4 is 5.32 Å². The zero-order valence-corrected chi connectivity index (χ0v) is 13.0. The maximum atomic E-state index is 12.3. The van der Waals surface area contributed by atoms with E-state index in [1.165, 1.54) is 0 Å². The number of aryl methyl sites for hydroxylation is 1. The van der Waals surface area contributed by atoms with Crippen LogP contribution in [0.15, 0.2) is 6.07 Å². The van der Waals surface area contributed by atoms with Gasteiger partial charge in [-0.05, 0) is 39.7 Å². The second-order valence-electron chi connectivity index (χ2n) is 5.78. The van der Waals surface area contributed by atoms with Gasteiger partial charge in [0.25, 0.3) is 5.91 Å². The van der Waals surface area contributed by atoms with Gasteiger partial charge < -0.3 is 15.0 Å². The lowest BCUT2D eigenvalue weighted by Gasteiger charge is -2.18. The van der Waals surface area contributed by atoms with E-state index in [4.69, 9.17) is 5.11 Å². The monoisotopic (exact) mass is 280 g/mol. The summed E-state index contributed by atoms with van der Waals surface area (Å²) in [5, 5.41) is 11.7. The Labute approximate surface area is 120 Å². The zero-order chi connectivity index (χ0) is 15.6. The van der Waals surface area contributed by atoms with Gasteiger partial charge in [0.2, 0.25) is 0 Å². The van der Waals surface area contributed by atoms with E-state index in [-0.39, 0.29) is 17.9 Å². The Kier molecular flexibility index (Phi) is 4.98. The molecule has 2 N–H and O–H groups in total. The summed E-state index contributed by atoms with van der Waals surface area (Å²) in [6.45, 7) is 11.5. The first-order valence-corrected chi connectivity index (χ1v) is 6.88. The molecule has 0 saturated carbocycles. The van der Waals surface area contributed by atoms with Gasteiger partial charge in [0.05, 0.1) is 5.56 Å². The molecule has 1 heterocycles. The first kappa shape index (κ1) is 16.3. The van der Waals surface area contributed by atoms with Gasteiger partial charge in [-0.3, -0.25) is 4.79 Å². The van der Waals surface area contributed by atoms with Crippen molar-refractivity contribution in [2.45, 2.75) is 53.6 Å². The second kappa shape index (κ2) is 6.11. The lowest BCUT2D eigenvalue weighted by molar-refractivity contribution is -0.140. The Morgan fingerprint density at radius 2 is 1.75 bits per heavy atom. The van der Waals surface area contributed by atoms with Gasteiger partial charge in [-0.1, -0.05) is 13.8 Å². The van der Waals surface area contributed by atoms with E-state index in [0.29, 0.717) is 5.56 Å². The van der Waals surface area contributed by atoms with Gasteiger partial charge in [0, 0.05) is 17.4 Å². The third kappa shape index (κ3) is 3.21. The van der Waals surface area contributed by atoms with Crippen LogP contribution >= 0.6 is 0 Å². The van der Waals surface area contributed by atoms with Crippen LogP contribution in [-0.2, 0) is 4.79 Å². The Balaban J connectivity index is 3.05. The van der Waals surface area contributed by atoms with E-state index in [1.54, 1.807) is 13.8 Å². The van der Waals surface area contributed by atoms with E-state index in [2.05, 4.69) is 23.7 Å². The van der Waals surface area contributed by atoms with Crippen LogP contribution in [0.5, 0.6) is 0 Å². The molecule has 0 aliphatic rings. The lowest BCUT2D eigenvalue weighted by atomic mass is 10.0.